The van der Waals surface area contributed by atoms with Crippen molar-refractivity contribution in [3.63, 3.8) is 0 Å². The lowest BCUT2D eigenvalue weighted by Crippen LogP contribution is -2.43. The Balaban J connectivity index is 2.37. The Kier molecular flexibility index (Phi) is 6.06. The number of rotatable bonds is 6. The van der Waals surface area contributed by atoms with Crippen LogP contribution < -0.4 is 25.1 Å². The third kappa shape index (κ3) is 4.66. The second-order valence-electron chi connectivity index (χ2n) is 6.19. The zero-order chi connectivity index (χ0) is 19.3. The summed E-state index contributed by atoms with van der Waals surface area (Å²) < 4.78 is 0. The van der Waals surface area contributed by atoms with Crippen molar-refractivity contribution in [3.8, 4) is 0 Å². The van der Waals surface area contributed by atoms with Crippen LogP contribution in [-0.4, -0.2) is 46.7 Å². The van der Waals surface area contributed by atoms with E-state index in [1.54, 1.807) is 0 Å². The Bertz CT molecular complexity index is 704. The molecule has 0 saturated heterocycles. The quantitative estimate of drug-likeness (QED) is 0.848. The van der Waals surface area contributed by atoms with E-state index in [-0.39, 0.29) is 0 Å². The molecule has 0 aliphatic heterocycles. The number of carbonyl (C=O) groups is 2. The van der Waals surface area contributed by atoms with Gasteiger partial charge < -0.3 is 25.0 Å². The first kappa shape index (κ1) is 19.1. The Morgan fingerprint density at radius 3 is 1.42 bits per heavy atom. The molecule has 1 N–H and O–H groups in total. The molecule has 0 heterocycles. The van der Waals surface area contributed by atoms with E-state index in [0.29, 0.717) is 11.4 Å². The first-order chi connectivity index (χ1) is 12.3. The zero-order valence-corrected chi connectivity index (χ0v) is 15.4. The summed E-state index contributed by atoms with van der Waals surface area (Å²) in [5.74, 6) is -1.34. The highest BCUT2D eigenvalue weighted by Gasteiger charge is 2.18. The Morgan fingerprint density at radius 1 is 0.769 bits per heavy atom. The van der Waals surface area contributed by atoms with Crippen molar-refractivity contribution >= 4 is 34.7 Å². The van der Waals surface area contributed by atoms with Gasteiger partial charge in [0, 0.05) is 39.6 Å². The van der Waals surface area contributed by atoms with Crippen LogP contribution in [0.4, 0.5) is 27.5 Å². The molecule has 0 fully saturated rings. The smallest absolute Gasteiger partial charge is 0.326 e. The Morgan fingerprint density at radius 2 is 1.12 bits per heavy atom. The number of aliphatic carboxylic acids is 1. The highest BCUT2D eigenvalue weighted by Crippen LogP contribution is 2.28. The number of nitrogens with one attached hydrogen (secondary N) is 1. The molecule has 0 atom stereocenters. The molecule has 0 aliphatic carbocycles. The minimum absolute atomic E-state index is 0.538. The van der Waals surface area contributed by atoms with Gasteiger partial charge in [0.2, 0.25) is 0 Å². The summed E-state index contributed by atoms with van der Waals surface area (Å²) in [6.07, 6.45) is 0. The van der Waals surface area contributed by atoms with E-state index in [1.165, 1.54) is 4.90 Å². The second kappa shape index (κ2) is 8.24. The number of nitrogens with zero attached hydrogens (tertiary/aromatic N) is 3. The molecule has 138 valence electrons. The van der Waals surface area contributed by atoms with Crippen LogP contribution in [0.3, 0.4) is 0 Å². The molecule has 0 saturated carbocycles. The topological polar surface area (TPSA) is 78.9 Å². The summed E-state index contributed by atoms with van der Waals surface area (Å²) in [6.45, 7) is -0.555. The van der Waals surface area contributed by atoms with E-state index < -0.39 is 18.5 Å². The number of hydrogen-bond acceptors (Lipinski definition) is 5. The second-order valence-corrected chi connectivity index (χ2v) is 6.19. The van der Waals surface area contributed by atoms with E-state index in [0.717, 1.165) is 11.4 Å². The predicted molar refractivity (Wildman–Crippen MR) is 102 cm³/mol. The minimum atomic E-state index is -1.34. The van der Waals surface area contributed by atoms with Gasteiger partial charge in [0.1, 0.15) is 0 Å². The molecule has 2 amide bonds. The summed E-state index contributed by atoms with van der Waals surface area (Å²) in [4.78, 5) is 28.6. The first-order valence-corrected chi connectivity index (χ1v) is 8.12. The SMILES string of the molecule is CN(C)c1ccc(N(C(=O)NCC(=O)[O-])c2ccc(N(C)C)cc2)cc1. The van der Waals surface area contributed by atoms with Gasteiger partial charge in [0.05, 0.1) is 23.9 Å². The summed E-state index contributed by atoms with van der Waals surface area (Å²) >= 11 is 0. The molecule has 7 nitrogen and oxygen atoms in total. The van der Waals surface area contributed by atoms with Crippen molar-refractivity contribution in [2.75, 3.05) is 49.4 Å². The number of carbonyl (C=O) groups excluding carboxylic acids is 2. The molecule has 2 rings (SSSR count). The van der Waals surface area contributed by atoms with Gasteiger partial charge in [-0.05, 0) is 48.5 Å². The van der Waals surface area contributed by atoms with Gasteiger partial charge in [0.15, 0.2) is 0 Å². The van der Waals surface area contributed by atoms with Crippen molar-refractivity contribution in [2.45, 2.75) is 0 Å². The number of benzene rings is 2. The van der Waals surface area contributed by atoms with Crippen molar-refractivity contribution in [3.05, 3.63) is 48.5 Å². The van der Waals surface area contributed by atoms with Crippen molar-refractivity contribution in [1.29, 1.82) is 0 Å². The molecule has 0 bridgehead atoms. The van der Waals surface area contributed by atoms with E-state index in [9.17, 15) is 14.7 Å². The van der Waals surface area contributed by atoms with E-state index in [1.807, 2.05) is 86.5 Å². The highest BCUT2D eigenvalue weighted by molar-refractivity contribution is 6.00. The van der Waals surface area contributed by atoms with Crippen LogP contribution in [0, 0.1) is 0 Å². The van der Waals surface area contributed by atoms with Gasteiger partial charge in [-0.15, -0.1) is 0 Å². The maximum Gasteiger partial charge on any atom is 0.326 e. The third-order valence-corrected chi connectivity index (χ3v) is 3.84. The van der Waals surface area contributed by atoms with Gasteiger partial charge in [0.25, 0.3) is 0 Å². The molecular formula is C19H23N4O3-. The molecule has 0 spiro atoms. The first-order valence-electron chi connectivity index (χ1n) is 8.12. The molecule has 0 aromatic heterocycles. The van der Waals surface area contributed by atoms with Crippen LogP contribution in [0.5, 0.6) is 0 Å². The monoisotopic (exact) mass is 355 g/mol. The van der Waals surface area contributed by atoms with E-state index in [4.69, 9.17) is 0 Å². The molecule has 2 aromatic rings. The number of carboxylic acid groups (broad SMARTS) is 1. The number of hydrogen-bond donors (Lipinski definition) is 1. The van der Waals surface area contributed by atoms with Gasteiger partial charge in [-0.3, -0.25) is 4.90 Å². The predicted octanol–water partition coefficient (Wildman–Crippen LogP) is 1.42. The molecule has 0 aliphatic rings. The molecule has 7 heteroatoms. The van der Waals surface area contributed by atoms with Crippen LogP contribution in [0.1, 0.15) is 0 Å². The number of amides is 2. The van der Waals surface area contributed by atoms with Crippen LogP contribution in [0.25, 0.3) is 0 Å². The van der Waals surface area contributed by atoms with Crippen molar-refractivity contribution in [2.24, 2.45) is 0 Å². The lowest BCUT2D eigenvalue weighted by Gasteiger charge is -2.25. The molecule has 0 radical (unpaired) electrons. The summed E-state index contributed by atoms with van der Waals surface area (Å²) in [6, 6.07) is 14.3. The van der Waals surface area contributed by atoms with Gasteiger partial charge >= 0.3 is 6.03 Å². The number of urea groups is 1. The number of carboxylic acids is 1. The van der Waals surface area contributed by atoms with E-state index in [2.05, 4.69) is 5.32 Å². The van der Waals surface area contributed by atoms with Gasteiger partial charge in [-0.25, -0.2) is 4.79 Å². The largest absolute Gasteiger partial charge is 0.548 e. The maximum atomic E-state index is 12.6. The molecule has 26 heavy (non-hydrogen) atoms. The Labute approximate surface area is 153 Å². The van der Waals surface area contributed by atoms with Crippen molar-refractivity contribution < 1.29 is 14.7 Å². The van der Waals surface area contributed by atoms with Crippen LogP contribution in [0.15, 0.2) is 48.5 Å². The standard InChI is InChI=1S/C19H24N4O3/c1-21(2)14-5-9-16(10-6-14)23(19(26)20-13-18(24)25)17-11-7-15(8-12-17)22(3)4/h5-12H,13H2,1-4H3,(H,20,26)(H,24,25)/p-1. The highest BCUT2D eigenvalue weighted by atomic mass is 16.4. The number of anilines is 4. The van der Waals surface area contributed by atoms with Crippen molar-refractivity contribution in [1.82, 2.24) is 5.32 Å². The lowest BCUT2D eigenvalue weighted by molar-refractivity contribution is -0.303. The fourth-order valence-corrected chi connectivity index (χ4v) is 2.41. The maximum absolute atomic E-state index is 12.6. The fourth-order valence-electron chi connectivity index (χ4n) is 2.41. The molecule has 2 aromatic carbocycles. The average Bonchev–Trinajstić information content (AvgIpc) is 2.61. The molecular weight excluding hydrogens is 332 g/mol. The van der Waals surface area contributed by atoms with Crippen LogP contribution >= 0.6 is 0 Å². The van der Waals surface area contributed by atoms with Crippen LogP contribution in [-0.2, 0) is 4.79 Å². The Hall–Kier alpha value is -3.22. The lowest BCUT2D eigenvalue weighted by atomic mass is 10.2. The fraction of sp³-hybridized carbons (Fsp3) is 0.263. The third-order valence-electron chi connectivity index (χ3n) is 3.84. The normalized spacial score (nSPS) is 10.2. The summed E-state index contributed by atoms with van der Waals surface area (Å²) in [5.41, 5.74) is 3.24. The van der Waals surface area contributed by atoms with E-state index >= 15 is 0 Å². The van der Waals surface area contributed by atoms with Gasteiger partial charge in [-0.2, -0.15) is 0 Å². The zero-order valence-electron chi connectivity index (χ0n) is 15.4. The molecule has 0 unspecified atom stereocenters. The van der Waals surface area contributed by atoms with Gasteiger partial charge in [-0.1, -0.05) is 0 Å². The average molecular weight is 355 g/mol. The summed E-state index contributed by atoms with van der Waals surface area (Å²) in [5, 5.41) is 13.0. The minimum Gasteiger partial charge on any atom is -0.548 e. The summed E-state index contributed by atoms with van der Waals surface area (Å²) in [7, 11) is 7.72. The van der Waals surface area contributed by atoms with Crippen LogP contribution in [0.2, 0.25) is 0 Å².